The minimum atomic E-state index is -4.36. The number of alkyl halides is 3. The normalized spacial score (nSPS) is 26.3. The molecule has 1 saturated heterocycles. The Hall–Kier alpha value is -0.820. The van der Waals surface area contributed by atoms with Crippen molar-refractivity contribution in [3.05, 3.63) is 11.1 Å². The summed E-state index contributed by atoms with van der Waals surface area (Å²) in [4.78, 5) is 5.48. The minimum Gasteiger partial charge on any atom is -0.372 e. The number of aromatic nitrogens is 1. The third-order valence-corrected chi connectivity index (χ3v) is 3.37. The largest absolute Gasteiger partial charge is 0.434 e. The van der Waals surface area contributed by atoms with Crippen molar-refractivity contribution < 1.29 is 17.9 Å². The maximum absolute atomic E-state index is 12.4. The number of morpholine rings is 1. The van der Waals surface area contributed by atoms with E-state index in [0.29, 0.717) is 18.2 Å². The zero-order valence-electron chi connectivity index (χ0n) is 9.49. The highest BCUT2D eigenvalue weighted by Gasteiger charge is 2.35. The van der Waals surface area contributed by atoms with Crippen LogP contribution in [0.2, 0.25) is 0 Å². The molecule has 0 aromatic carbocycles. The molecule has 0 saturated carbocycles. The van der Waals surface area contributed by atoms with Crippen LogP contribution in [-0.2, 0) is 10.9 Å². The monoisotopic (exact) mass is 266 g/mol. The number of hydrogen-bond donors (Lipinski definition) is 0. The first-order chi connectivity index (χ1) is 7.86. The summed E-state index contributed by atoms with van der Waals surface area (Å²) < 4.78 is 42.8. The van der Waals surface area contributed by atoms with Crippen molar-refractivity contribution in [2.75, 3.05) is 18.0 Å². The van der Waals surface area contributed by atoms with E-state index in [2.05, 4.69) is 4.98 Å². The quantitative estimate of drug-likeness (QED) is 0.781. The van der Waals surface area contributed by atoms with Gasteiger partial charge in [-0.25, -0.2) is 4.98 Å². The van der Waals surface area contributed by atoms with Gasteiger partial charge in [0.2, 0.25) is 0 Å². The molecule has 17 heavy (non-hydrogen) atoms. The molecule has 2 atom stereocenters. The first-order valence-electron chi connectivity index (χ1n) is 5.29. The van der Waals surface area contributed by atoms with Gasteiger partial charge in [-0.1, -0.05) is 0 Å². The number of hydrogen-bond acceptors (Lipinski definition) is 4. The topological polar surface area (TPSA) is 25.4 Å². The standard InChI is InChI=1S/C10H13F3N2OS/c1-6-3-15(4-7(2)16-6)9-14-8(5-17-9)10(11,12)13/h5-7H,3-4H2,1-2H3. The molecule has 0 bridgehead atoms. The fourth-order valence-electron chi connectivity index (χ4n) is 1.87. The van der Waals surface area contributed by atoms with Crippen LogP contribution < -0.4 is 4.90 Å². The highest BCUT2D eigenvalue weighted by atomic mass is 32.1. The van der Waals surface area contributed by atoms with Gasteiger partial charge in [0.25, 0.3) is 0 Å². The molecule has 0 spiro atoms. The lowest BCUT2D eigenvalue weighted by atomic mass is 10.2. The zero-order valence-corrected chi connectivity index (χ0v) is 10.3. The van der Waals surface area contributed by atoms with E-state index >= 15 is 0 Å². The fraction of sp³-hybridized carbons (Fsp3) is 0.700. The van der Waals surface area contributed by atoms with Crippen LogP contribution in [0.15, 0.2) is 5.38 Å². The van der Waals surface area contributed by atoms with Gasteiger partial charge >= 0.3 is 6.18 Å². The molecule has 2 rings (SSSR count). The van der Waals surface area contributed by atoms with Crippen LogP contribution in [0.5, 0.6) is 0 Å². The summed E-state index contributed by atoms with van der Waals surface area (Å²) in [6.07, 6.45) is -4.34. The Morgan fingerprint density at radius 1 is 1.35 bits per heavy atom. The summed E-state index contributed by atoms with van der Waals surface area (Å²) in [5, 5.41) is 1.47. The maximum atomic E-state index is 12.4. The van der Waals surface area contributed by atoms with Crippen LogP contribution in [0.3, 0.4) is 0 Å². The Kier molecular flexibility index (Phi) is 3.31. The molecule has 1 aliphatic rings. The van der Waals surface area contributed by atoms with Crippen molar-refractivity contribution in [3.8, 4) is 0 Å². The van der Waals surface area contributed by atoms with Crippen LogP contribution in [-0.4, -0.2) is 30.3 Å². The summed E-state index contributed by atoms with van der Waals surface area (Å²) >= 11 is 1.03. The number of ether oxygens (including phenoxy) is 1. The molecule has 2 unspecified atom stereocenters. The first kappa shape index (κ1) is 12.6. The minimum absolute atomic E-state index is 0.0111. The highest BCUT2D eigenvalue weighted by Crippen LogP contribution is 2.33. The molecule has 0 N–H and O–H groups in total. The molecule has 7 heteroatoms. The predicted molar refractivity (Wildman–Crippen MR) is 59.3 cm³/mol. The van der Waals surface area contributed by atoms with Crippen LogP contribution >= 0.6 is 11.3 Å². The Bertz CT molecular complexity index is 383. The molecule has 1 fully saturated rings. The lowest BCUT2D eigenvalue weighted by Gasteiger charge is -2.35. The van der Waals surface area contributed by atoms with Gasteiger partial charge in [0.05, 0.1) is 12.2 Å². The number of nitrogens with zero attached hydrogens (tertiary/aromatic N) is 2. The SMILES string of the molecule is CC1CN(c2nc(C(F)(F)F)cs2)CC(C)O1. The average Bonchev–Trinajstić information content (AvgIpc) is 2.63. The van der Waals surface area contributed by atoms with Gasteiger partial charge in [-0.3, -0.25) is 0 Å². The molecular formula is C10H13F3N2OS. The van der Waals surface area contributed by atoms with Gasteiger partial charge in [0, 0.05) is 18.5 Å². The van der Waals surface area contributed by atoms with Crippen molar-refractivity contribution in [1.82, 2.24) is 4.98 Å². The number of rotatable bonds is 1. The molecule has 2 heterocycles. The van der Waals surface area contributed by atoms with E-state index in [1.165, 1.54) is 0 Å². The van der Waals surface area contributed by atoms with Crippen molar-refractivity contribution in [2.45, 2.75) is 32.2 Å². The van der Waals surface area contributed by atoms with Crippen LogP contribution in [0.1, 0.15) is 19.5 Å². The van der Waals surface area contributed by atoms with Crippen molar-refractivity contribution in [3.63, 3.8) is 0 Å². The number of halogens is 3. The van der Waals surface area contributed by atoms with E-state index < -0.39 is 11.9 Å². The summed E-state index contributed by atoms with van der Waals surface area (Å²) in [6, 6.07) is 0. The van der Waals surface area contributed by atoms with E-state index in [9.17, 15) is 13.2 Å². The van der Waals surface area contributed by atoms with Crippen molar-refractivity contribution in [2.24, 2.45) is 0 Å². The molecular weight excluding hydrogens is 253 g/mol. The highest BCUT2D eigenvalue weighted by molar-refractivity contribution is 7.13. The van der Waals surface area contributed by atoms with E-state index in [0.717, 1.165) is 16.7 Å². The molecule has 0 amide bonds. The van der Waals surface area contributed by atoms with Crippen molar-refractivity contribution in [1.29, 1.82) is 0 Å². The molecule has 1 aliphatic heterocycles. The van der Waals surface area contributed by atoms with Gasteiger partial charge in [-0.15, -0.1) is 11.3 Å². The third-order valence-electron chi connectivity index (χ3n) is 2.47. The summed E-state index contributed by atoms with van der Waals surface area (Å²) in [5.41, 5.74) is -0.815. The van der Waals surface area contributed by atoms with Gasteiger partial charge < -0.3 is 9.64 Å². The Morgan fingerprint density at radius 3 is 2.41 bits per heavy atom. The first-order valence-corrected chi connectivity index (χ1v) is 6.17. The Balaban J connectivity index is 2.14. The Morgan fingerprint density at radius 2 is 1.94 bits per heavy atom. The van der Waals surface area contributed by atoms with E-state index in [4.69, 9.17) is 4.74 Å². The molecule has 0 radical (unpaired) electrons. The fourth-order valence-corrected chi connectivity index (χ4v) is 2.73. The molecule has 1 aromatic heterocycles. The number of anilines is 1. The van der Waals surface area contributed by atoms with E-state index in [1.54, 1.807) is 0 Å². The van der Waals surface area contributed by atoms with Gasteiger partial charge in [0.1, 0.15) is 0 Å². The number of thiazole rings is 1. The zero-order chi connectivity index (χ0) is 12.6. The summed E-state index contributed by atoms with van der Waals surface area (Å²) in [5.74, 6) is 0. The average molecular weight is 266 g/mol. The summed E-state index contributed by atoms with van der Waals surface area (Å²) in [7, 11) is 0. The van der Waals surface area contributed by atoms with Gasteiger partial charge in [-0.05, 0) is 13.8 Å². The second kappa shape index (κ2) is 4.45. The van der Waals surface area contributed by atoms with Crippen LogP contribution in [0.25, 0.3) is 0 Å². The molecule has 3 nitrogen and oxygen atoms in total. The lowest BCUT2D eigenvalue weighted by Crippen LogP contribution is -2.45. The Labute approximate surface area is 101 Å². The second-order valence-electron chi connectivity index (χ2n) is 4.18. The van der Waals surface area contributed by atoms with Gasteiger partial charge in [-0.2, -0.15) is 13.2 Å². The molecule has 0 aliphatic carbocycles. The van der Waals surface area contributed by atoms with Crippen LogP contribution in [0, 0.1) is 0 Å². The van der Waals surface area contributed by atoms with E-state index in [1.807, 2.05) is 18.7 Å². The van der Waals surface area contributed by atoms with E-state index in [-0.39, 0.29) is 12.2 Å². The second-order valence-corrected chi connectivity index (χ2v) is 5.01. The third kappa shape index (κ3) is 2.90. The smallest absolute Gasteiger partial charge is 0.372 e. The lowest BCUT2D eigenvalue weighted by molar-refractivity contribution is -0.140. The van der Waals surface area contributed by atoms with Crippen molar-refractivity contribution >= 4 is 16.5 Å². The van der Waals surface area contributed by atoms with Gasteiger partial charge in [0.15, 0.2) is 10.8 Å². The summed E-state index contributed by atoms with van der Waals surface area (Å²) in [6.45, 7) is 4.96. The molecule has 96 valence electrons. The van der Waals surface area contributed by atoms with Crippen LogP contribution in [0.4, 0.5) is 18.3 Å². The maximum Gasteiger partial charge on any atom is 0.434 e. The predicted octanol–water partition coefficient (Wildman–Crippen LogP) is 2.78. The molecule has 1 aromatic rings.